The van der Waals surface area contributed by atoms with Crippen LogP contribution in [0.3, 0.4) is 0 Å². The fraction of sp³-hybridized carbons (Fsp3) is 0.417. The molecule has 0 bridgehead atoms. The molecular weight excluding hydrogens is 202 g/mol. The molecule has 1 atom stereocenters. The van der Waals surface area contributed by atoms with E-state index in [1.165, 1.54) is 5.56 Å². The number of nitrogens with one attached hydrogen (secondary N) is 2. The zero-order chi connectivity index (χ0) is 11.4. The van der Waals surface area contributed by atoms with Crippen molar-refractivity contribution in [3.63, 3.8) is 0 Å². The molecule has 0 aliphatic heterocycles. The summed E-state index contributed by atoms with van der Waals surface area (Å²) in [5, 5.41) is 10.4. The number of furan rings is 1. The Morgan fingerprint density at radius 2 is 2.44 bits per heavy atom. The van der Waals surface area contributed by atoms with Crippen molar-refractivity contribution in [3.05, 3.63) is 41.6 Å². The highest BCUT2D eigenvalue weighted by atomic mass is 16.3. The fourth-order valence-electron chi connectivity index (χ4n) is 1.72. The molecule has 0 amide bonds. The highest BCUT2D eigenvalue weighted by molar-refractivity contribution is 5.14. The zero-order valence-corrected chi connectivity index (χ0v) is 9.66. The van der Waals surface area contributed by atoms with Gasteiger partial charge in [0.15, 0.2) is 0 Å². The van der Waals surface area contributed by atoms with Gasteiger partial charge >= 0.3 is 0 Å². The molecule has 2 N–H and O–H groups in total. The van der Waals surface area contributed by atoms with E-state index in [1.807, 2.05) is 25.3 Å². The molecule has 86 valence electrons. The fourth-order valence-corrected chi connectivity index (χ4v) is 1.72. The molecule has 0 aliphatic carbocycles. The van der Waals surface area contributed by atoms with E-state index in [0.717, 1.165) is 24.4 Å². The largest absolute Gasteiger partial charge is 0.468 e. The summed E-state index contributed by atoms with van der Waals surface area (Å²) in [4.78, 5) is 0. The first-order chi connectivity index (χ1) is 7.81. The molecule has 0 aliphatic rings. The van der Waals surface area contributed by atoms with Crippen LogP contribution in [0.25, 0.3) is 0 Å². The van der Waals surface area contributed by atoms with E-state index < -0.39 is 0 Å². The van der Waals surface area contributed by atoms with Crippen LogP contribution in [0.1, 0.15) is 36.4 Å². The first-order valence-corrected chi connectivity index (χ1v) is 5.57. The van der Waals surface area contributed by atoms with Crippen molar-refractivity contribution in [3.8, 4) is 0 Å². The maximum Gasteiger partial charge on any atom is 0.120 e. The van der Waals surface area contributed by atoms with Crippen molar-refractivity contribution in [1.82, 2.24) is 15.5 Å². The molecule has 0 fully saturated rings. The second kappa shape index (κ2) is 4.99. The molecule has 0 saturated heterocycles. The minimum absolute atomic E-state index is 0.268. The molecule has 0 saturated carbocycles. The van der Waals surface area contributed by atoms with Crippen molar-refractivity contribution in [1.29, 1.82) is 0 Å². The Bertz CT molecular complexity index is 419. The number of aromatic amines is 1. The van der Waals surface area contributed by atoms with Crippen LogP contribution in [-0.2, 0) is 6.54 Å². The summed E-state index contributed by atoms with van der Waals surface area (Å²) < 4.78 is 5.40. The molecular formula is C12H17N3O. The van der Waals surface area contributed by atoms with Crippen molar-refractivity contribution in [2.75, 3.05) is 0 Å². The third-order valence-electron chi connectivity index (χ3n) is 2.77. The van der Waals surface area contributed by atoms with E-state index >= 15 is 0 Å². The van der Waals surface area contributed by atoms with Gasteiger partial charge in [0.05, 0.1) is 18.5 Å². The highest BCUT2D eigenvalue weighted by Gasteiger charge is 2.11. The summed E-state index contributed by atoms with van der Waals surface area (Å²) in [5.74, 6) is 0.989. The Kier molecular flexibility index (Phi) is 3.41. The van der Waals surface area contributed by atoms with Crippen LogP contribution in [-0.4, -0.2) is 10.2 Å². The standard InChI is InChI=1S/C12H17N3O/c1-3-11(12-5-4-6-16-12)13-7-10-8-14-15-9(10)2/h4-6,8,11,13H,3,7H2,1-2H3,(H,14,15). The minimum Gasteiger partial charge on any atom is -0.468 e. The second-order valence-electron chi connectivity index (χ2n) is 3.88. The van der Waals surface area contributed by atoms with Crippen molar-refractivity contribution >= 4 is 0 Å². The van der Waals surface area contributed by atoms with Crippen LogP contribution in [0, 0.1) is 6.92 Å². The Morgan fingerprint density at radius 1 is 1.56 bits per heavy atom. The lowest BCUT2D eigenvalue weighted by Gasteiger charge is -2.13. The lowest BCUT2D eigenvalue weighted by molar-refractivity contribution is 0.403. The molecule has 2 aromatic heterocycles. The first-order valence-electron chi connectivity index (χ1n) is 5.57. The van der Waals surface area contributed by atoms with Gasteiger partial charge in [-0.15, -0.1) is 0 Å². The molecule has 16 heavy (non-hydrogen) atoms. The number of aryl methyl sites for hydroxylation is 1. The number of nitrogens with zero attached hydrogens (tertiary/aromatic N) is 1. The van der Waals surface area contributed by atoms with Crippen LogP contribution >= 0.6 is 0 Å². The van der Waals surface area contributed by atoms with Crippen molar-refractivity contribution in [2.45, 2.75) is 32.9 Å². The van der Waals surface area contributed by atoms with Gasteiger partial charge in [-0.25, -0.2) is 0 Å². The Morgan fingerprint density at radius 3 is 3.00 bits per heavy atom. The van der Waals surface area contributed by atoms with Crippen molar-refractivity contribution in [2.24, 2.45) is 0 Å². The summed E-state index contributed by atoms with van der Waals surface area (Å²) in [5.41, 5.74) is 2.31. The Hall–Kier alpha value is -1.55. The van der Waals surface area contributed by atoms with Gasteiger partial charge in [0.1, 0.15) is 5.76 Å². The average Bonchev–Trinajstić information content (AvgIpc) is 2.92. The second-order valence-corrected chi connectivity index (χ2v) is 3.88. The van der Waals surface area contributed by atoms with Gasteiger partial charge in [0.2, 0.25) is 0 Å². The first kappa shape index (κ1) is 11.0. The van der Waals surface area contributed by atoms with E-state index in [9.17, 15) is 0 Å². The molecule has 0 aromatic carbocycles. The lowest BCUT2D eigenvalue weighted by Crippen LogP contribution is -2.19. The van der Waals surface area contributed by atoms with Gasteiger partial charge in [0, 0.05) is 17.8 Å². The monoisotopic (exact) mass is 219 g/mol. The van der Waals surface area contributed by atoms with Crippen molar-refractivity contribution < 1.29 is 4.42 Å². The molecule has 0 radical (unpaired) electrons. The SMILES string of the molecule is CCC(NCc1cn[nH]c1C)c1ccco1. The maximum atomic E-state index is 5.40. The van der Waals surface area contributed by atoms with Gasteiger partial charge in [-0.1, -0.05) is 6.92 Å². The quantitative estimate of drug-likeness (QED) is 0.812. The van der Waals surface area contributed by atoms with E-state index in [-0.39, 0.29) is 6.04 Å². The van der Waals surface area contributed by atoms with E-state index in [0.29, 0.717) is 0 Å². The summed E-state index contributed by atoms with van der Waals surface area (Å²) in [6, 6.07) is 4.19. The van der Waals surface area contributed by atoms with Crippen LogP contribution in [0.4, 0.5) is 0 Å². The minimum atomic E-state index is 0.268. The van der Waals surface area contributed by atoms with E-state index in [4.69, 9.17) is 4.42 Å². The summed E-state index contributed by atoms with van der Waals surface area (Å²) in [6.07, 6.45) is 4.57. The molecule has 2 rings (SSSR count). The third kappa shape index (κ3) is 2.33. The summed E-state index contributed by atoms with van der Waals surface area (Å²) in [7, 11) is 0. The topological polar surface area (TPSA) is 53.9 Å². The normalized spacial score (nSPS) is 12.9. The van der Waals surface area contributed by atoms with Crippen LogP contribution in [0.5, 0.6) is 0 Å². The van der Waals surface area contributed by atoms with Crippen LogP contribution in [0.2, 0.25) is 0 Å². The summed E-state index contributed by atoms with van der Waals surface area (Å²) >= 11 is 0. The number of hydrogen-bond donors (Lipinski definition) is 2. The Labute approximate surface area is 95.1 Å². The molecule has 1 unspecified atom stereocenters. The van der Waals surface area contributed by atoms with Gasteiger partial charge in [-0.3, -0.25) is 5.10 Å². The van der Waals surface area contributed by atoms with E-state index in [2.05, 4.69) is 22.4 Å². The van der Waals surface area contributed by atoms with Gasteiger partial charge < -0.3 is 9.73 Å². The third-order valence-corrected chi connectivity index (χ3v) is 2.77. The smallest absolute Gasteiger partial charge is 0.120 e. The van der Waals surface area contributed by atoms with Crippen LogP contribution < -0.4 is 5.32 Å². The number of hydrogen-bond acceptors (Lipinski definition) is 3. The lowest BCUT2D eigenvalue weighted by atomic mass is 10.1. The van der Waals surface area contributed by atoms with Gasteiger partial charge in [-0.2, -0.15) is 5.10 Å². The number of H-pyrrole nitrogens is 1. The molecule has 4 nitrogen and oxygen atoms in total. The number of aromatic nitrogens is 2. The van der Waals surface area contributed by atoms with E-state index in [1.54, 1.807) is 6.26 Å². The maximum absolute atomic E-state index is 5.40. The molecule has 2 aromatic rings. The molecule has 4 heteroatoms. The predicted octanol–water partition coefficient (Wildman–Crippen LogP) is 2.55. The molecule has 2 heterocycles. The highest BCUT2D eigenvalue weighted by Crippen LogP contribution is 2.17. The van der Waals surface area contributed by atoms with Gasteiger partial charge in [-0.05, 0) is 25.5 Å². The average molecular weight is 219 g/mol. The molecule has 0 spiro atoms. The Balaban J connectivity index is 1.96. The predicted molar refractivity (Wildman–Crippen MR) is 61.9 cm³/mol. The number of rotatable bonds is 5. The van der Waals surface area contributed by atoms with Crippen LogP contribution in [0.15, 0.2) is 29.0 Å². The van der Waals surface area contributed by atoms with Gasteiger partial charge in [0.25, 0.3) is 0 Å². The zero-order valence-electron chi connectivity index (χ0n) is 9.66. The summed E-state index contributed by atoms with van der Waals surface area (Å²) in [6.45, 7) is 4.97.